The molecule has 3 rings (SSSR count). The maximum atomic E-state index is 6.08. The van der Waals surface area contributed by atoms with E-state index in [0.29, 0.717) is 6.04 Å². The van der Waals surface area contributed by atoms with Gasteiger partial charge >= 0.3 is 0 Å². The SMILES string of the molecule is CCCCCOc1cc(C)ccc1CNC1CC2CC=CCC2C1. The Kier molecular flexibility index (Phi) is 6.37. The lowest BCUT2D eigenvalue weighted by Crippen LogP contribution is -2.26. The summed E-state index contributed by atoms with van der Waals surface area (Å²) >= 11 is 0. The minimum Gasteiger partial charge on any atom is -0.493 e. The summed E-state index contributed by atoms with van der Waals surface area (Å²) in [5, 5.41) is 3.81. The van der Waals surface area contributed by atoms with Crippen molar-refractivity contribution in [2.45, 2.75) is 71.4 Å². The van der Waals surface area contributed by atoms with Gasteiger partial charge in [-0.3, -0.25) is 0 Å². The minimum atomic E-state index is 0.675. The van der Waals surface area contributed by atoms with Crippen molar-refractivity contribution >= 4 is 0 Å². The highest BCUT2D eigenvalue weighted by atomic mass is 16.5. The van der Waals surface area contributed by atoms with Crippen LogP contribution in [0.15, 0.2) is 30.4 Å². The first-order chi connectivity index (χ1) is 11.8. The molecule has 1 N–H and O–H groups in total. The number of unbranched alkanes of at least 4 members (excludes halogenated alkanes) is 2. The van der Waals surface area contributed by atoms with Crippen LogP contribution >= 0.6 is 0 Å². The smallest absolute Gasteiger partial charge is 0.124 e. The number of hydrogen-bond acceptors (Lipinski definition) is 2. The molecule has 1 fully saturated rings. The van der Waals surface area contributed by atoms with Crippen molar-refractivity contribution in [2.75, 3.05) is 6.61 Å². The molecule has 2 aliphatic carbocycles. The molecule has 1 aromatic rings. The highest BCUT2D eigenvalue weighted by Gasteiger charge is 2.33. The van der Waals surface area contributed by atoms with Crippen molar-refractivity contribution in [3.8, 4) is 5.75 Å². The molecule has 2 aliphatic rings. The van der Waals surface area contributed by atoms with Gasteiger partial charge in [0, 0.05) is 18.2 Å². The normalized spacial score (nSPS) is 25.7. The molecular formula is C22H33NO. The highest BCUT2D eigenvalue weighted by Crippen LogP contribution is 2.39. The van der Waals surface area contributed by atoms with Gasteiger partial charge in [0.1, 0.15) is 5.75 Å². The Morgan fingerprint density at radius 1 is 1.08 bits per heavy atom. The minimum absolute atomic E-state index is 0.675. The van der Waals surface area contributed by atoms with Crippen molar-refractivity contribution in [1.29, 1.82) is 0 Å². The van der Waals surface area contributed by atoms with Gasteiger partial charge < -0.3 is 10.1 Å². The van der Waals surface area contributed by atoms with Crippen LogP contribution in [-0.4, -0.2) is 12.6 Å². The number of rotatable bonds is 8. The molecule has 2 nitrogen and oxygen atoms in total. The molecule has 0 bridgehead atoms. The molecule has 0 radical (unpaired) electrons. The van der Waals surface area contributed by atoms with E-state index >= 15 is 0 Å². The highest BCUT2D eigenvalue weighted by molar-refractivity contribution is 5.37. The van der Waals surface area contributed by atoms with Gasteiger partial charge in [0.05, 0.1) is 6.61 Å². The van der Waals surface area contributed by atoms with Gasteiger partial charge in [-0.25, -0.2) is 0 Å². The molecule has 0 saturated heterocycles. The first-order valence-electron chi connectivity index (χ1n) is 9.87. The number of benzene rings is 1. The molecule has 2 unspecified atom stereocenters. The fourth-order valence-corrected chi connectivity index (χ4v) is 4.23. The van der Waals surface area contributed by atoms with Crippen molar-refractivity contribution in [3.05, 3.63) is 41.5 Å². The second kappa shape index (κ2) is 8.71. The molecule has 24 heavy (non-hydrogen) atoms. The number of hydrogen-bond donors (Lipinski definition) is 1. The molecule has 2 heteroatoms. The van der Waals surface area contributed by atoms with E-state index in [1.165, 1.54) is 49.7 Å². The van der Waals surface area contributed by atoms with E-state index in [1.54, 1.807) is 0 Å². The summed E-state index contributed by atoms with van der Waals surface area (Å²) in [7, 11) is 0. The summed E-state index contributed by atoms with van der Waals surface area (Å²) < 4.78 is 6.08. The van der Waals surface area contributed by atoms with E-state index in [4.69, 9.17) is 4.74 Å². The third kappa shape index (κ3) is 4.63. The second-order valence-electron chi connectivity index (χ2n) is 7.68. The quantitative estimate of drug-likeness (QED) is 0.510. The van der Waals surface area contributed by atoms with E-state index < -0.39 is 0 Å². The average Bonchev–Trinajstić information content (AvgIpc) is 3.01. The van der Waals surface area contributed by atoms with E-state index in [0.717, 1.165) is 37.2 Å². The number of aryl methyl sites for hydroxylation is 1. The first-order valence-corrected chi connectivity index (χ1v) is 9.87. The maximum absolute atomic E-state index is 6.08. The lowest BCUT2D eigenvalue weighted by Gasteiger charge is -2.19. The van der Waals surface area contributed by atoms with Crippen LogP contribution in [0.25, 0.3) is 0 Å². The van der Waals surface area contributed by atoms with Gasteiger partial charge in [0.25, 0.3) is 0 Å². The summed E-state index contributed by atoms with van der Waals surface area (Å²) in [6.45, 7) is 6.14. The standard InChI is InChI=1S/C22H33NO/c1-3-4-7-12-24-22-13-17(2)10-11-20(22)16-23-21-14-18-8-5-6-9-19(18)15-21/h5-6,10-11,13,18-19,21,23H,3-4,7-9,12,14-16H2,1-2H3. The van der Waals surface area contributed by atoms with Crippen LogP contribution in [-0.2, 0) is 6.54 Å². The number of fused-ring (bicyclic) bond motifs is 1. The molecule has 1 aromatic carbocycles. The van der Waals surface area contributed by atoms with Crippen LogP contribution in [0.5, 0.6) is 5.75 Å². The summed E-state index contributed by atoms with van der Waals surface area (Å²) in [4.78, 5) is 0. The lowest BCUT2D eigenvalue weighted by atomic mass is 9.86. The Morgan fingerprint density at radius 3 is 2.54 bits per heavy atom. The number of ether oxygens (including phenoxy) is 1. The van der Waals surface area contributed by atoms with E-state index in [1.807, 2.05) is 0 Å². The van der Waals surface area contributed by atoms with Crippen molar-refractivity contribution in [3.63, 3.8) is 0 Å². The fourth-order valence-electron chi connectivity index (χ4n) is 4.23. The zero-order chi connectivity index (χ0) is 16.8. The Balaban J connectivity index is 1.53. The van der Waals surface area contributed by atoms with Crippen LogP contribution in [0.4, 0.5) is 0 Å². The Bertz CT molecular complexity index is 535. The number of nitrogens with one attached hydrogen (secondary N) is 1. The summed E-state index contributed by atoms with van der Waals surface area (Å²) in [6, 6.07) is 7.31. The van der Waals surface area contributed by atoms with Crippen LogP contribution < -0.4 is 10.1 Å². The van der Waals surface area contributed by atoms with Gasteiger partial charge in [-0.2, -0.15) is 0 Å². The van der Waals surface area contributed by atoms with Crippen molar-refractivity contribution < 1.29 is 4.74 Å². The molecule has 2 atom stereocenters. The molecule has 132 valence electrons. The fraction of sp³-hybridized carbons (Fsp3) is 0.636. The maximum Gasteiger partial charge on any atom is 0.124 e. The summed E-state index contributed by atoms with van der Waals surface area (Å²) in [5.41, 5.74) is 2.59. The zero-order valence-electron chi connectivity index (χ0n) is 15.4. The van der Waals surface area contributed by atoms with Gasteiger partial charge in [0.15, 0.2) is 0 Å². The molecule has 0 spiro atoms. The monoisotopic (exact) mass is 327 g/mol. The van der Waals surface area contributed by atoms with Crippen molar-refractivity contribution in [1.82, 2.24) is 5.32 Å². The lowest BCUT2D eigenvalue weighted by molar-refractivity contribution is 0.301. The molecule has 0 aromatic heterocycles. The van der Waals surface area contributed by atoms with Crippen molar-refractivity contribution in [2.24, 2.45) is 11.8 Å². The molecule has 1 saturated carbocycles. The second-order valence-corrected chi connectivity index (χ2v) is 7.68. The van der Waals surface area contributed by atoms with Crippen LogP contribution in [0.1, 0.15) is 63.0 Å². The molecular weight excluding hydrogens is 294 g/mol. The van der Waals surface area contributed by atoms with E-state index in [9.17, 15) is 0 Å². The third-order valence-electron chi connectivity index (χ3n) is 5.69. The van der Waals surface area contributed by atoms with Gasteiger partial charge in [-0.15, -0.1) is 0 Å². The largest absolute Gasteiger partial charge is 0.493 e. The van der Waals surface area contributed by atoms with E-state index in [2.05, 4.69) is 49.5 Å². The van der Waals surface area contributed by atoms with E-state index in [-0.39, 0.29) is 0 Å². The molecule has 0 heterocycles. The third-order valence-corrected chi connectivity index (χ3v) is 5.69. The number of allylic oxidation sites excluding steroid dienone is 2. The van der Waals surface area contributed by atoms with Crippen LogP contribution in [0.2, 0.25) is 0 Å². The van der Waals surface area contributed by atoms with Gasteiger partial charge in [-0.05, 0) is 62.5 Å². The predicted octanol–water partition coefficient (Wildman–Crippen LogP) is 5.40. The predicted molar refractivity (Wildman–Crippen MR) is 101 cm³/mol. The Hall–Kier alpha value is -1.28. The van der Waals surface area contributed by atoms with Gasteiger partial charge in [-0.1, -0.05) is 44.1 Å². The Morgan fingerprint density at radius 2 is 1.83 bits per heavy atom. The van der Waals surface area contributed by atoms with Gasteiger partial charge in [0.2, 0.25) is 0 Å². The van der Waals surface area contributed by atoms with Crippen LogP contribution in [0, 0.1) is 18.8 Å². The molecule has 0 amide bonds. The first kappa shape index (κ1) is 17.5. The summed E-state index contributed by atoms with van der Waals surface area (Å²) in [5.74, 6) is 2.90. The summed E-state index contributed by atoms with van der Waals surface area (Å²) in [6.07, 6.45) is 13.7. The molecule has 0 aliphatic heterocycles. The Labute approximate surface area is 147 Å². The zero-order valence-corrected chi connectivity index (χ0v) is 15.4. The average molecular weight is 328 g/mol. The van der Waals surface area contributed by atoms with Crippen LogP contribution in [0.3, 0.4) is 0 Å². The topological polar surface area (TPSA) is 21.3 Å².